The number of carbonyl (C=O) groups excluding carboxylic acids is 2. The largest absolute Gasteiger partial charge is 0.300 e. The first-order chi connectivity index (χ1) is 13.7. The summed E-state index contributed by atoms with van der Waals surface area (Å²) in [6, 6.07) is 0. The Hall–Kier alpha value is -0.920. The van der Waals surface area contributed by atoms with Gasteiger partial charge in [0, 0.05) is 25.2 Å². The molecule has 0 heterocycles. The van der Waals surface area contributed by atoms with Crippen LogP contribution in [-0.2, 0) is 9.59 Å². The van der Waals surface area contributed by atoms with Crippen molar-refractivity contribution in [2.75, 3.05) is 0 Å². The van der Waals surface area contributed by atoms with E-state index < -0.39 is 0 Å². The molecule has 0 saturated heterocycles. The quantitative estimate of drug-likeness (QED) is 0.489. The summed E-state index contributed by atoms with van der Waals surface area (Å²) in [6.07, 6.45) is 13.1. The molecule has 162 valence electrons. The molecule has 0 radical (unpaired) electrons. The fraction of sp³-hybridized carbons (Fsp3) is 0.852. The van der Waals surface area contributed by atoms with Crippen LogP contribution in [0.2, 0.25) is 0 Å². The summed E-state index contributed by atoms with van der Waals surface area (Å²) < 4.78 is 0. The van der Waals surface area contributed by atoms with E-state index in [2.05, 4.69) is 40.7 Å². The Balaban J connectivity index is 1.56. The summed E-state index contributed by atoms with van der Waals surface area (Å²) >= 11 is 0. The number of Topliss-reactive ketones (excluding diaryl/α,β-unsaturated/α-hetero) is 2. The van der Waals surface area contributed by atoms with Gasteiger partial charge in [0.15, 0.2) is 0 Å². The number of fused-ring (bicyclic) bond motifs is 5. The molecule has 0 amide bonds. The van der Waals surface area contributed by atoms with Gasteiger partial charge < -0.3 is 0 Å². The number of rotatable bonds is 4. The van der Waals surface area contributed by atoms with Crippen LogP contribution in [-0.4, -0.2) is 11.6 Å². The Morgan fingerprint density at radius 3 is 2.48 bits per heavy atom. The molecule has 4 fully saturated rings. The second kappa shape index (κ2) is 7.65. The highest BCUT2D eigenvalue weighted by atomic mass is 16.1. The zero-order valence-corrected chi connectivity index (χ0v) is 19.4. The average Bonchev–Trinajstić information content (AvgIpc) is 3.00. The molecule has 4 saturated carbocycles. The Morgan fingerprint density at radius 2 is 1.76 bits per heavy atom. The fourth-order valence-corrected chi connectivity index (χ4v) is 8.37. The second-order valence-electron chi connectivity index (χ2n) is 11.9. The standard InChI is InChI=1S/C27H42O2/c1-17(2)7-6-8-18(3)21-9-10-22-20-16-25(29)24-15-19(28)11-13-27(24,5)23(20)12-14-26(21,22)4/h8,17,20-24H,6-7,9-16H2,1-5H3/b18-8-/t20-,21+,22-,23-,24+,26+,27+/m0/s1. The summed E-state index contributed by atoms with van der Waals surface area (Å²) in [5, 5.41) is 0. The molecule has 4 aliphatic rings. The highest BCUT2D eigenvalue weighted by Crippen LogP contribution is 2.67. The van der Waals surface area contributed by atoms with Gasteiger partial charge in [0.25, 0.3) is 0 Å². The Labute approximate surface area is 178 Å². The van der Waals surface area contributed by atoms with Crippen molar-refractivity contribution >= 4 is 11.6 Å². The van der Waals surface area contributed by atoms with E-state index in [4.69, 9.17) is 0 Å². The smallest absolute Gasteiger partial charge is 0.137 e. The van der Waals surface area contributed by atoms with Crippen LogP contribution in [0.3, 0.4) is 0 Å². The first-order valence-corrected chi connectivity index (χ1v) is 12.4. The van der Waals surface area contributed by atoms with Crippen molar-refractivity contribution in [3.8, 4) is 0 Å². The molecule has 2 nitrogen and oxygen atoms in total. The predicted octanol–water partition coefficient (Wildman–Crippen LogP) is 6.78. The predicted molar refractivity (Wildman–Crippen MR) is 118 cm³/mol. The van der Waals surface area contributed by atoms with E-state index >= 15 is 0 Å². The molecule has 0 unspecified atom stereocenters. The molecule has 29 heavy (non-hydrogen) atoms. The average molecular weight is 399 g/mol. The molecule has 0 aromatic rings. The molecule has 7 atom stereocenters. The molecule has 0 aromatic carbocycles. The van der Waals surface area contributed by atoms with Crippen molar-refractivity contribution in [3.05, 3.63) is 11.6 Å². The SMILES string of the molecule is C/C(=C/CCC(C)C)[C@H]1CC[C@H]2[C@@H]3CC(=O)[C@H]4CC(=O)CC[C@]4(C)[C@H]3CC[C@]12C. The van der Waals surface area contributed by atoms with Gasteiger partial charge in [-0.25, -0.2) is 0 Å². The van der Waals surface area contributed by atoms with Crippen LogP contribution in [0.25, 0.3) is 0 Å². The number of allylic oxidation sites excluding steroid dienone is 2. The Bertz CT molecular complexity index is 703. The van der Waals surface area contributed by atoms with Crippen molar-refractivity contribution in [2.45, 2.75) is 98.8 Å². The Kier molecular flexibility index (Phi) is 5.62. The summed E-state index contributed by atoms with van der Waals surface area (Å²) in [4.78, 5) is 25.3. The third-order valence-corrected chi connectivity index (χ3v) is 10.0. The van der Waals surface area contributed by atoms with Crippen molar-refractivity contribution in [1.29, 1.82) is 0 Å². The van der Waals surface area contributed by atoms with Gasteiger partial charge in [-0.05, 0) is 92.3 Å². The molecular formula is C27H42O2. The van der Waals surface area contributed by atoms with Gasteiger partial charge in [-0.1, -0.05) is 39.3 Å². The zero-order chi connectivity index (χ0) is 21.0. The lowest BCUT2D eigenvalue weighted by atomic mass is 9.44. The monoisotopic (exact) mass is 398 g/mol. The molecule has 4 rings (SSSR count). The highest BCUT2D eigenvalue weighted by Gasteiger charge is 2.62. The van der Waals surface area contributed by atoms with Crippen molar-refractivity contribution in [2.24, 2.45) is 46.3 Å². The lowest BCUT2D eigenvalue weighted by Crippen LogP contribution is -2.56. The van der Waals surface area contributed by atoms with E-state index in [1.165, 1.54) is 38.5 Å². The molecular weight excluding hydrogens is 356 g/mol. The minimum atomic E-state index is 0.0178. The maximum absolute atomic E-state index is 13.2. The van der Waals surface area contributed by atoms with Gasteiger partial charge in [0.2, 0.25) is 0 Å². The van der Waals surface area contributed by atoms with Crippen LogP contribution in [0.1, 0.15) is 98.8 Å². The number of hydrogen-bond acceptors (Lipinski definition) is 2. The summed E-state index contributed by atoms with van der Waals surface area (Å²) in [7, 11) is 0. The third kappa shape index (κ3) is 3.47. The van der Waals surface area contributed by atoms with E-state index in [1.54, 1.807) is 5.57 Å². The molecule has 0 aromatic heterocycles. The molecule has 0 N–H and O–H groups in total. The van der Waals surface area contributed by atoms with E-state index in [0.29, 0.717) is 53.5 Å². The van der Waals surface area contributed by atoms with Gasteiger partial charge in [0.1, 0.15) is 11.6 Å². The Morgan fingerprint density at radius 1 is 1.03 bits per heavy atom. The summed E-state index contributed by atoms with van der Waals surface area (Å²) in [5.41, 5.74) is 2.06. The lowest BCUT2D eigenvalue weighted by molar-refractivity contribution is -0.157. The molecule has 4 aliphatic carbocycles. The van der Waals surface area contributed by atoms with Crippen LogP contribution in [0.15, 0.2) is 11.6 Å². The molecule has 2 heteroatoms. The maximum Gasteiger partial charge on any atom is 0.137 e. The van der Waals surface area contributed by atoms with Crippen LogP contribution in [0.4, 0.5) is 0 Å². The van der Waals surface area contributed by atoms with Crippen molar-refractivity contribution in [3.63, 3.8) is 0 Å². The minimum absolute atomic E-state index is 0.0178. The van der Waals surface area contributed by atoms with Crippen LogP contribution >= 0.6 is 0 Å². The van der Waals surface area contributed by atoms with Crippen LogP contribution in [0.5, 0.6) is 0 Å². The van der Waals surface area contributed by atoms with E-state index in [9.17, 15) is 9.59 Å². The summed E-state index contributed by atoms with van der Waals surface area (Å²) in [5.74, 6) is 4.13. The van der Waals surface area contributed by atoms with Gasteiger partial charge >= 0.3 is 0 Å². The lowest BCUT2D eigenvalue weighted by Gasteiger charge is -2.59. The van der Waals surface area contributed by atoms with E-state index in [-0.39, 0.29) is 11.3 Å². The highest BCUT2D eigenvalue weighted by molar-refractivity contribution is 5.90. The maximum atomic E-state index is 13.2. The van der Waals surface area contributed by atoms with Crippen molar-refractivity contribution < 1.29 is 9.59 Å². The first kappa shape index (κ1) is 21.3. The minimum Gasteiger partial charge on any atom is -0.300 e. The van der Waals surface area contributed by atoms with E-state index in [0.717, 1.165) is 18.8 Å². The fourth-order valence-electron chi connectivity index (χ4n) is 8.37. The van der Waals surface area contributed by atoms with Crippen LogP contribution in [0, 0.1) is 46.3 Å². The van der Waals surface area contributed by atoms with Gasteiger partial charge in [-0.3, -0.25) is 9.59 Å². The normalized spacial score (nSPS) is 45.2. The van der Waals surface area contributed by atoms with Crippen LogP contribution < -0.4 is 0 Å². The van der Waals surface area contributed by atoms with Gasteiger partial charge in [-0.2, -0.15) is 0 Å². The third-order valence-electron chi connectivity index (χ3n) is 10.0. The zero-order valence-electron chi connectivity index (χ0n) is 19.4. The van der Waals surface area contributed by atoms with Gasteiger partial charge in [-0.15, -0.1) is 0 Å². The van der Waals surface area contributed by atoms with Crippen molar-refractivity contribution in [1.82, 2.24) is 0 Å². The number of ketones is 2. The number of carbonyl (C=O) groups is 2. The topological polar surface area (TPSA) is 34.1 Å². The number of hydrogen-bond donors (Lipinski definition) is 0. The molecule has 0 aliphatic heterocycles. The van der Waals surface area contributed by atoms with Gasteiger partial charge in [0.05, 0.1) is 0 Å². The molecule has 0 bridgehead atoms. The first-order valence-electron chi connectivity index (χ1n) is 12.4. The molecule has 0 spiro atoms. The second-order valence-corrected chi connectivity index (χ2v) is 11.9. The van der Waals surface area contributed by atoms with E-state index in [1.807, 2.05) is 0 Å². The summed E-state index contributed by atoms with van der Waals surface area (Å²) in [6.45, 7) is 11.9.